The average Bonchev–Trinajstić information content (AvgIpc) is 3.22. The second-order valence-electron chi connectivity index (χ2n) is 6.57. The zero-order valence-corrected chi connectivity index (χ0v) is 16.3. The first-order valence-corrected chi connectivity index (χ1v) is 9.91. The molecule has 3 heterocycles. The number of nitrogens with zero attached hydrogens (tertiary/aromatic N) is 4. The molecule has 8 nitrogen and oxygen atoms in total. The normalized spacial score (nSPS) is 18.2. The van der Waals surface area contributed by atoms with Crippen LogP contribution in [0.15, 0.2) is 18.2 Å². The Morgan fingerprint density at radius 3 is 2.63 bits per heavy atom. The number of nitrogens with one attached hydrogen (secondary N) is 1. The number of ether oxygens (including phenoxy) is 2. The van der Waals surface area contributed by atoms with Gasteiger partial charge < -0.3 is 19.7 Å². The van der Waals surface area contributed by atoms with Crippen molar-refractivity contribution in [2.75, 3.05) is 51.3 Å². The van der Waals surface area contributed by atoms with Crippen LogP contribution in [0.5, 0.6) is 11.5 Å². The summed E-state index contributed by atoms with van der Waals surface area (Å²) >= 11 is 1.34. The van der Waals surface area contributed by atoms with Crippen molar-refractivity contribution in [2.24, 2.45) is 0 Å². The predicted molar refractivity (Wildman–Crippen MR) is 103 cm³/mol. The highest BCUT2D eigenvalue weighted by Gasteiger charge is 2.25. The number of fused-ring (bicyclic) bond motifs is 1. The van der Waals surface area contributed by atoms with Crippen molar-refractivity contribution in [2.45, 2.75) is 13.0 Å². The van der Waals surface area contributed by atoms with Gasteiger partial charge in [0.15, 0.2) is 11.5 Å². The molecule has 0 aliphatic carbocycles. The van der Waals surface area contributed by atoms with Crippen LogP contribution in [0.3, 0.4) is 0 Å². The van der Waals surface area contributed by atoms with Gasteiger partial charge in [0.1, 0.15) is 13.2 Å². The van der Waals surface area contributed by atoms with E-state index in [-0.39, 0.29) is 5.91 Å². The van der Waals surface area contributed by atoms with E-state index in [0.29, 0.717) is 24.3 Å². The number of anilines is 1. The minimum absolute atomic E-state index is 0.190. The zero-order chi connectivity index (χ0) is 18.8. The van der Waals surface area contributed by atoms with Crippen LogP contribution in [0.2, 0.25) is 0 Å². The molecule has 2 aromatic rings. The smallest absolute Gasteiger partial charge is 0.282 e. The fourth-order valence-electron chi connectivity index (χ4n) is 3.37. The molecule has 1 saturated heterocycles. The first-order chi connectivity index (χ1) is 13.2. The Labute approximate surface area is 162 Å². The van der Waals surface area contributed by atoms with Crippen LogP contribution in [-0.4, -0.2) is 67.4 Å². The molecule has 4 rings (SSSR count). The second kappa shape index (κ2) is 7.69. The summed E-state index contributed by atoms with van der Waals surface area (Å²) in [4.78, 5) is 16.3. The van der Waals surface area contributed by atoms with Gasteiger partial charge in [-0.15, -0.1) is 10.2 Å². The van der Waals surface area contributed by atoms with E-state index >= 15 is 0 Å². The maximum absolute atomic E-state index is 11.7. The minimum atomic E-state index is -0.190. The number of benzene rings is 1. The highest BCUT2D eigenvalue weighted by molar-refractivity contribution is 7.17. The first-order valence-electron chi connectivity index (χ1n) is 9.10. The third kappa shape index (κ3) is 3.70. The van der Waals surface area contributed by atoms with Crippen LogP contribution in [-0.2, 0) is 0 Å². The number of aromatic nitrogens is 2. The van der Waals surface area contributed by atoms with Crippen molar-refractivity contribution in [3.8, 4) is 11.5 Å². The summed E-state index contributed by atoms with van der Waals surface area (Å²) in [5.41, 5.74) is 1.23. The third-order valence-electron chi connectivity index (χ3n) is 5.02. The van der Waals surface area contributed by atoms with Gasteiger partial charge in [0.25, 0.3) is 5.91 Å². The van der Waals surface area contributed by atoms with Crippen molar-refractivity contribution in [3.63, 3.8) is 0 Å². The van der Waals surface area contributed by atoms with E-state index in [4.69, 9.17) is 9.47 Å². The molecular formula is C18H23N5O3S. The fourth-order valence-corrected chi connectivity index (χ4v) is 4.22. The zero-order valence-electron chi connectivity index (χ0n) is 15.5. The molecule has 0 bridgehead atoms. The number of hydrogen-bond donors (Lipinski definition) is 1. The monoisotopic (exact) mass is 389 g/mol. The third-order valence-corrected chi connectivity index (χ3v) is 6.00. The summed E-state index contributed by atoms with van der Waals surface area (Å²) in [6.45, 7) is 6.99. The van der Waals surface area contributed by atoms with Crippen LogP contribution < -0.4 is 19.7 Å². The van der Waals surface area contributed by atoms with Gasteiger partial charge in [-0.05, 0) is 24.6 Å². The molecule has 0 radical (unpaired) electrons. The Hall–Kier alpha value is -2.39. The number of rotatable bonds is 4. The summed E-state index contributed by atoms with van der Waals surface area (Å²) in [5.74, 6) is 1.47. The predicted octanol–water partition coefficient (Wildman–Crippen LogP) is 1.55. The van der Waals surface area contributed by atoms with Crippen LogP contribution in [0.4, 0.5) is 5.13 Å². The van der Waals surface area contributed by atoms with Crippen LogP contribution in [0.25, 0.3) is 0 Å². The molecule has 2 aliphatic rings. The molecular weight excluding hydrogens is 366 g/mol. The maximum Gasteiger partial charge on any atom is 0.282 e. The highest BCUT2D eigenvalue weighted by Crippen LogP contribution is 2.34. The lowest BCUT2D eigenvalue weighted by Crippen LogP contribution is -2.47. The molecule has 1 aromatic heterocycles. The lowest BCUT2D eigenvalue weighted by molar-refractivity contribution is 0.0962. The average molecular weight is 389 g/mol. The number of hydrogen-bond acceptors (Lipinski definition) is 8. The standard InChI is InChI=1S/C18H23N5O3S/c1-12(13-3-4-14-15(11-13)26-10-9-25-14)22-5-7-23(8-6-22)18-21-20-17(27-18)16(24)19-2/h3-4,11-12H,5-10H2,1-2H3,(H,19,24). The van der Waals surface area contributed by atoms with E-state index in [1.165, 1.54) is 16.9 Å². The lowest BCUT2D eigenvalue weighted by atomic mass is 10.1. The molecule has 1 N–H and O–H groups in total. The molecule has 0 saturated carbocycles. The summed E-state index contributed by atoms with van der Waals surface area (Å²) in [7, 11) is 1.60. The van der Waals surface area contributed by atoms with Gasteiger partial charge in [0.2, 0.25) is 10.1 Å². The quantitative estimate of drug-likeness (QED) is 0.850. The Balaban J connectivity index is 1.38. The highest BCUT2D eigenvalue weighted by atomic mass is 32.1. The molecule has 144 valence electrons. The Morgan fingerprint density at radius 2 is 1.89 bits per heavy atom. The Morgan fingerprint density at radius 1 is 1.15 bits per heavy atom. The molecule has 27 heavy (non-hydrogen) atoms. The molecule has 1 unspecified atom stereocenters. The number of piperazine rings is 1. The van der Waals surface area contributed by atoms with Crippen LogP contribution in [0.1, 0.15) is 28.3 Å². The molecule has 1 fully saturated rings. The molecule has 0 spiro atoms. The lowest BCUT2D eigenvalue weighted by Gasteiger charge is -2.38. The number of carbonyl (C=O) groups excluding carboxylic acids is 1. The summed E-state index contributed by atoms with van der Waals surface area (Å²) < 4.78 is 11.3. The Kier molecular flexibility index (Phi) is 5.13. The summed E-state index contributed by atoms with van der Waals surface area (Å²) in [6, 6.07) is 6.49. The summed E-state index contributed by atoms with van der Waals surface area (Å²) in [5, 5.41) is 11.9. The Bertz CT molecular complexity index is 819. The molecule has 1 amide bonds. The van der Waals surface area contributed by atoms with Gasteiger partial charge in [0, 0.05) is 39.3 Å². The fraction of sp³-hybridized carbons (Fsp3) is 0.500. The van der Waals surface area contributed by atoms with Gasteiger partial charge in [0.05, 0.1) is 0 Å². The largest absolute Gasteiger partial charge is 0.486 e. The van der Waals surface area contributed by atoms with Crippen molar-refractivity contribution in [1.82, 2.24) is 20.4 Å². The van der Waals surface area contributed by atoms with E-state index in [2.05, 4.69) is 44.4 Å². The van der Waals surface area contributed by atoms with Gasteiger partial charge in [-0.2, -0.15) is 0 Å². The molecule has 2 aliphatic heterocycles. The second-order valence-corrected chi connectivity index (χ2v) is 7.53. The van der Waals surface area contributed by atoms with E-state index in [1.54, 1.807) is 7.05 Å². The number of carbonyl (C=O) groups is 1. The van der Waals surface area contributed by atoms with E-state index < -0.39 is 0 Å². The van der Waals surface area contributed by atoms with Gasteiger partial charge in [-0.3, -0.25) is 9.69 Å². The molecule has 1 aromatic carbocycles. The molecule has 9 heteroatoms. The molecule has 1 atom stereocenters. The van der Waals surface area contributed by atoms with Crippen molar-refractivity contribution in [1.29, 1.82) is 0 Å². The van der Waals surface area contributed by atoms with E-state index in [1.807, 2.05) is 6.07 Å². The van der Waals surface area contributed by atoms with Crippen LogP contribution in [0, 0.1) is 0 Å². The van der Waals surface area contributed by atoms with Gasteiger partial charge >= 0.3 is 0 Å². The SMILES string of the molecule is CNC(=O)c1nnc(N2CCN(C(C)c3ccc4c(c3)OCCO4)CC2)s1. The number of amides is 1. The topological polar surface area (TPSA) is 79.8 Å². The van der Waals surface area contributed by atoms with E-state index in [9.17, 15) is 4.79 Å². The maximum atomic E-state index is 11.7. The van der Waals surface area contributed by atoms with Crippen molar-refractivity contribution >= 4 is 22.4 Å². The van der Waals surface area contributed by atoms with E-state index in [0.717, 1.165) is 42.8 Å². The van der Waals surface area contributed by atoms with Gasteiger partial charge in [-0.1, -0.05) is 17.4 Å². The first kappa shape index (κ1) is 18.0. The van der Waals surface area contributed by atoms with Crippen molar-refractivity contribution in [3.05, 3.63) is 28.8 Å². The minimum Gasteiger partial charge on any atom is -0.486 e. The summed E-state index contributed by atoms with van der Waals surface area (Å²) in [6.07, 6.45) is 0. The van der Waals surface area contributed by atoms with Crippen molar-refractivity contribution < 1.29 is 14.3 Å². The van der Waals surface area contributed by atoms with Crippen LogP contribution >= 0.6 is 11.3 Å². The van der Waals surface area contributed by atoms with Gasteiger partial charge in [-0.25, -0.2) is 0 Å².